The van der Waals surface area contributed by atoms with Crippen LogP contribution in [0.2, 0.25) is 0 Å². The number of hydrogen-bond acceptors (Lipinski definition) is 3. The van der Waals surface area contributed by atoms with Gasteiger partial charge in [-0.15, -0.1) is 0 Å². The van der Waals surface area contributed by atoms with Crippen molar-refractivity contribution < 1.29 is 4.74 Å². The summed E-state index contributed by atoms with van der Waals surface area (Å²) in [6.07, 6.45) is 34.2. The third-order valence-electron chi connectivity index (χ3n) is 10.8. The van der Waals surface area contributed by atoms with Crippen LogP contribution in [0.15, 0.2) is 149 Å². The van der Waals surface area contributed by atoms with Crippen LogP contribution in [0.5, 0.6) is 0 Å². The Kier molecular flexibility index (Phi) is 5.42. The monoisotopic (exact) mass is 546 g/mol. The third-order valence-corrected chi connectivity index (χ3v) is 10.8. The van der Waals surface area contributed by atoms with Crippen LogP contribution in [0.4, 0.5) is 5.69 Å². The first-order chi connectivity index (χ1) is 20.8. The number of benzene rings is 1. The first-order valence-corrected chi connectivity index (χ1v) is 15.7. The van der Waals surface area contributed by atoms with Crippen LogP contribution in [-0.2, 0) is 4.74 Å². The van der Waals surface area contributed by atoms with Gasteiger partial charge in [0.15, 0.2) is 0 Å². The number of para-hydroxylation sites is 1. The average Bonchev–Trinajstić information content (AvgIpc) is 3.77. The zero-order chi connectivity index (χ0) is 27.8. The van der Waals surface area contributed by atoms with Crippen molar-refractivity contribution in [2.45, 2.75) is 31.8 Å². The van der Waals surface area contributed by atoms with E-state index in [1.165, 1.54) is 45.8 Å². The van der Waals surface area contributed by atoms with E-state index in [4.69, 9.17) is 4.74 Å². The van der Waals surface area contributed by atoms with E-state index >= 15 is 0 Å². The first kappa shape index (κ1) is 24.3. The van der Waals surface area contributed by atoms with E-state index in [0.717, 1.165) is 19.3 Å². The van der Waals surface area contributed by atoms with Crippen molar-refractivity contribution in [2.75, 3.05) is 4.90 Å². The van der Waals surface area contributed by atoms with E-state index in [9.17, 15) is 5.26 Å². The number of fused-ring (bicyclic) bond motifs is 5. The fourth-order valence-corrected chi connectivity index (χ4v) is 8.81. The SMILES string of the molecule is N#CC1C=CC([C@@H]2C3=CC=CCCC3C3=C2C=CC(C2=COC4C(=C2)N(c2ccccc2)C2=CC=CC5C2C45)C3)=CC1. The molecule has 1 aromatic carbocycles. The highest BCUT2D eigenvalue weighted by atomic mass is 16.5. The van der Waals surface area contributed by atoms with Crippen molar-refractivity contribution in [3.05, 3.63) is 149 Å². The maximum Gasteiger partial charge on any atom is 0.142 e. The number of ether oxygens (including phenoxy) is 1. The molecule has 206 valence electrons. The van der Waals surface area contributed by atoms with Gasteiger partial charge in [0.2, 0.25) is 0 Å². The molecule has 1 saturated heterocycles. The molecule has 0 amide bonds. The summed E-state index contributed by atoms with van der Waals surface area (Å²) in [5.41, 5.74) is 11.2. The molecule has 1 saturated carbocycles. The van der Waals surface area contributed by atoms with Gasteiger partial charge in [-0.2, -0.15) is 5.26 Å². The number of nitriles is 1. The lowest BCUT2D eigenvalue weighted by molar-refractivity contribution is 0.133. The van der Waals surface area contributed by atoms with Gasteiger partial charge in [0.25, 0.3) is 0 Å². The molecule has 2 heterocycles. The van der Waals surface area contributed by atoms with Crippen molar-refractivity contribution in [1.82, 2.24) is 0 Å². The highest BCUT2D eigenvalue weighted by Gasteiger charge is 2.63. The van der Waals surface area contributed by atoms with Crippen molar-refractivity contribution in [3.63, 3.8) is 0 Å². The van der Waals surface area contributed by atoms with Gasteiger partial charge in [0, 0.05) is 41.0 Å². The molecule has 9 rings (SSSR count). The first-order valence-electron chi connectivity index (χ1n) is 15.7. The van der Waals surface area contributed by atoms with Crippen LogP contribution in [0.25, 0.3) is 0 Å². The molecule has 2 fully saturated rings. The van der Waals surface area contributed by atoms with Crippen molar-refractivity contribution in [2.24, 2.45) is 41.4 Å². The van der Waals surface area contributed by atoms with Crippen molar-refractivity contribution >= 4 is 5.69 Å². The Balaban J connectivity index is 1.06. The van der Waals surface area contributed by atoms with Crippen LogP contribution in [0.1, 0.15) is 25.7 Å². The third kappa shape index (κ3) is 3.57. The molecule has 6 aliphatic carbocycles. The van der Waals surface area contributed by atoms with E-state index in [0.29, 0.717) is 35.5 Å². The van der Waals surface area contributed by atoms with E-state index in [-0.39, 0.29) is 12.0 Å². The molecule has 42 heavy (non-hydrogen) atoms. The predicted octanol–water partition coefficient (Wildman–Crippen LogP) is 8.41. The van der Waals surface area contributed by atoms with Gasteiger partial charge >= 0.3 is 0 Å². The Morgan fingerprint density at radius 2 is 1.88 bits per heavy atom. The molecule has 0 spiro atoms. The molecule has 2 aliphatic heterocycles. The van der Waals surface area contributed by atoms with E-state index < -0.39 is 0 Å². The lowest BCUT2D eigenvalue weighted by Crippen LogP contribution is -2.39. The predicted molar refractivity (Wildman–Crippen MR) is 166 cm³/mol. The van der Waals surface area contributed by atoms with Crippen LogP contribution in [0.3, 0.4) is 0 Å². The van der Waals surface area contributed by atoms with E-state index in [1.54, 1.807) is 5.57 Å². The molecule has 0 bridgehead atoms. The summed E-state index contributed by atoms with van der Waals surface area (Å²) in [7, 11) is 0. The van der Waals surface area contributed by atoms with Crippen LogP contribution in [-0.4, -0.2) is 6.10 Å². The molecular weight excluding hydrogens is 512 g/mol. The lowest BCUT2D eigenvalue weighted by Gasteiger charge is -2.40. The van der Waals surface area contributed by atoms with Crippen LogP contribution in [0, 0.1) is 52.8 Å². The fourth-order valence-electron chi connectivity index (χ4n) is 8.81. The van der Waals surface area contributed by atoms with Crippen LogP contribution < -0.4 is 4.90 Å². The summed E-state index contributed by atoms with van der Waals surface area (Å²) in [5.74, 6) is 2.77. The van der Waals surface area contributed by atoms with Gasteiger partial charge in [0.1, 0.15) is 6.10 Å². The number of nitrogens with zero attached hydrogens (tertiary/aromatic N) is 2. The Bertz CT molecular complexity index is 1710. The summed E-state index contributed by atoms with van der Waals surface area (Å²) in [6.45, 7) is 0. The van der Waals surface area contributed by atoms with Gasteiger partial charge < -0.3 is 9.64 Å². The second-order valence-corrected chi connectivity index (χ2v) is 12.9. The van der Waals surface area contributed by atoms with Gasteiger partial charge in [-0.1, -0.05) is 90.1 Å². The van der Waals surface area contributed by atoms with Gasteiger partial charge in [-0.05, 0) is 72.6 Å². The minimum atomic E-state index is -0.00370. The maximum atomic E-state index is 9.42. The molecule has 8 aliphatic rings. The molecule has 1 aromatic rings. The quantitative estimate of drug-likeness (QED) is 0.382. The molecule has 7 unspecified atom stereocenters. The van der Waals surface area contributed by atoms with Gasteiger partial charge in [-0.25, -0.2) is 0 Å². The Morgan fingerprint density at radius 1 is 0.952 bits per heavy atom. The maximum absolute atomic E-state index is 9.42. The zero-order valence-electron chi connectivity index (χ0n) is 23.6. The molecule has 0 radical (unpaired) electrons. The summed E-state index contributed by atoms with van der Waals surface area (Å²) in [5, 5.41) is 9.42. The van der Waals surface area contributed by atoms with Crippen molar-refractivity contribution in [1.29, 1.82) is 5.26 Å². The second-order valence-electron chi connectivity index (χ2n) is 12.9. The number of hydrogen-bond donors (Lipinski definition) is 0. The summed E-state index contributed by atoms with van der Waals surface area (Å²) >= 11 is 0. The summed E-state index contributed by atoms with van der Waals surface area (Å²) < 4.78 is 6.69. The highest BCUT2D eigenvalue weighted by Crippen LogP contribution is 2.63. The minimum Gasteiger partial charge on any atom is -0.491 e. The normalized spacial score (nSPS) is 36.5. The number of anilines is 1. The molecule has 8 atom stereocenters. The van der Waals surface area contributed by atoms with Gasteiger partial charge in [-0.3, -0.25) is 0 Å². The Labute approximate surface area is 248 Å². The second kappa shape index (κ2) is 9.36. The largest absolute Gasteiger partial charge is 0.491 e. The minimum absolute atomic E-state index is 0.00370. The summed E-state index contributed by atoms with van der Waals surface area (Å²) in [4.78, 5) is 2.49. The lowest BCUT2D eigenvalue weighted by atomic mass is 9.80. The Hall–Kier alpha value is -4.29. The highest BCUT2D eigenvalue weighted by molar-refractivity contribution is 5.66. The standard InChI is InChI=1S/C39H34N2O/c40-22-24-14-16-25(17-15-24)36-30-11-6-2-5-10-29(30)33-20-26(18-19-31(33)36)27-21-35-39(42-23-27)38-32-12-7-13-34(37(32)38)41(35)28-8-3-1-4-9-28/h1-4,6-9,11-14,16-19,21,23-24,26,29,32,36-39H,5,10,15,20H2/t24?,26?,29?,32?,36-,37?,38?,39?/m1/s1. The van der Waals surface area contributed by atoms with Crippen LogP contribution >= 0.6 is 0 Å². The fraction of sp³-hybridized carbons (Fsp3) is 0.308. The molecule has 3 nitrogen and oxygen atoms in total. The average molecular weight is 547 g/mol. The van der Waals surface area contributed by atoms with Crippen molar-refractivity contribution in [3.8, 4) is 6.07 Å². The number of piperidine rings is 1. The van der Waals surface area contributed by atoms with E-state index in [1.807, 2.05) is 0 Å². The zero-order valence-corrected chi connectivity index (χ0v) is 23.6. The summed E-state index contributed by atoms with van der Waals surface area (Å²) in [6, 6.07) is 13.2. The molecule has 0 aromatic heterocycles. The number of rotatable bonds is 3. The van der Waals surface area contributed by atoms with E-state index in [2.05, 4.69) is 120 Å². The smallest absolute Gasteiger partial charge is 0.142 e. The molecule has 0 N–H and O–H groups in total. The number of allylic oxidation sites excluding steroid dienone is 18. The Morgan fingerprint density at radius 3 is 2.74 bits per heavy atom. The molecular formula is C39H34N2O. The topological polar surface area (TPSA) is 36.3 Å². The molecule has 3 heteroatoms. The van der Waals surface area contributed by atoms with Gasteiger partial charge in [0.05, 0.1) is 23.9 Å².